The highest BCUT2D eigenvalue weighted by Gasteiger charge is 2.36. The first kappa shape index (κ1) is 15.9. The maximum atomic E-state index is 13.1. The lowest BCUT2D eigenvalue weighted by atomic mass is 10.1. The lowest BCUT2D eigenvalue weighted by molar-refractivity contribution is -0.138. The lowest BCUT2D eigenvalue weighted by Crippen LogP contribution is -2.17. The van der Waals surface area contributed by atoms with Gasteiger partial charge in [-0.3, -0.25) is 0 Å². The van der Waals surface area contributed by atoms with Gasteiger partial charge in [0, 0.05) is 18.2 Å². The molecule has 2 rings (SSSR count). The molecular formula is C14H6F6O2. The minimum atomic E-state index is -4.92. The molecule has 0 bridgehead atoms. The van der Waals surface area contributed by atoms with Gasteiger partial charge >= 0.3 is 12.1 Å². The van der Waals surface area contributed by atoms with Crippen LogP contribution in [0.25, 0.3) is 0 Å². The fraction of sp³-hybridized carbons (Fsp3) is 0.0714. The minimum absolute atomic E-state index is 0.334. The van der Waals surface area contributed by atoms with E-state index in [-0.39, 0.29) is 0 Å². The maximum absolute atomic E-state index is 13.1. The summed E-state index contributed by atoms with van der Waals surface area (Å²) < 4.78 is 81.7. The molecule has 0 amide bonds. The molecule has 0 radical (unpaired) electrons. The van der Waals surface area contributed by atoms with Gasteiger partial charge < -0.3 is 4.74 Å². The number of hydrogen-bond acceptors (Lipinski definition) is 2. The Morgan fingerprint density at radius 3 is 2.00 bits per heavy atom. The van der Waals surface area contributed by atoms with Crippen LogP contribution in [-0.4, -0.2) is 5.97 Å². The summed E-state index contributed by atoms with van der Waals surface area (Å²) in [4.78, 5) is 11.7. The summed E-state index contributed by atoms with van der Waals surface area (Å²) in [6.07, 6.45) is -4.92. The molecule has 0 aliphatic rings. The number of esters is 1. The van der Waals surface area contributed by atoms with Crippen LogP contribution in [-0.2, 0) is 6.18 Å². The van der Waals surface area contributed by atoms with Crippen molar-refractivity contribution >= 4 is 5.97 Å². The van der Waals surface area contributed by atoms with E-state index in [0.717, 1.165) is 0 Å². The van der Waals surface area contributed by atoms with Gasteiger partial charge in [0.2, 0.25) is 0 Å². The second-order valence-electron chi connectivity index (χ2n) is 4.18. The SMILES string of the molecule is O=C(Oc1cc(F)cc(F)c1)c1cc(F)ccc1C(F)(F)F. The van der Waals surface area contributed by atoms with Crippen molar-refractivity contribution in [1.82, 2.24) is 0 Å². The van der Waals surface area contributed by atoms with Gasteiger partial charge in [0.1, 0.15) is 23.2 Å². The molecule has 8 heteroatoms. The van der Waals surface area contributed by atoms with Crippen LogP contribution in [0.15, 0.2) is 36.4 Å². The van der Waals surface area contributed by atoms with Crippen molar-refractivity contribution in [2.75, 3.05) is 0 Å². The predicted octanol–water partition coefficient (Wildman–Crippen LogP) is 4.34. The normalized spacial score (nSPS) is 11.4. The third-order valence-electron chi connectivity index (χ3n) is 2.55. The summed E-state index contributed by atoms with van der Waals surface area (Å²) in [5.41, 5.74) is -2.52. The van der Waals surface area contributed by atoms with Crippen molar-refractivity contribution in [2.45, 2.75) is 6.18 Å². The van der Waals surface area contributed by atoms with E-state index in [1.807, 2.05) is 0 Å². The van der Waals surface area contributed by atoms with Crippen molar-refractivity contribution in [3.05, 3.63) is 65.0 Å². The molecule has 0 heterocycles. The number of hydrogen-bond donors (Lipinski definition) is 0. The fourth-order valence-electron chi connectivity index (χ4n) is 1.68. The van der Waals surface area contributed by atoms with Crippen LogP contribution >= 0.6 is 0 Å². The predicted molar refractivity (Wildman–Crippen MR) is 62.7 cm³/mol. The molecule has 0 unspecified atom stereocenters. The Bertz CT molecular complexity index is 704. The Hall–Kier alpha value is -2.51. The topological polar surface area (TPSA) is 26.3 Å². The zero-order chi connectivity index (χ0) is 16.5. The highest BCUT2D eigenvalue weighted by molar-refractivity contribution is 5.92. The van der Waals surface area contributed by atoms with Crippen LogP contribution in [0.2, 0.25) is 0 Å². The third-order valence-corrected chi connectivity index (χ3v) is 2.55. The summed E-state index contributed by atoms with van der Waals surface area (Å²) in [5, 5.41) is 0. The molecular weight excluding hydrogens is 314 g/mol. The van der Waals surface area contributed by atoms with E-state index in [1.54, 1.807) is 0 Å². The molecule has 0 atom stereocenters. The number of halogens is 6. The highest BCUT2D eigenvalue weighted by atomic mass is 19.4. The molecule has 0 N–H and O–H groups in total. The van der Waals surface area contributed by atoms with Crippen molar-refractivity contribution in [2.24, 2.45) is 0 Å². The molecule has 22 heavy (non-hydrogen) atoms. The summed E-state index contributed by atoms with van der Waals surface area (Å²) in [6, 6.07) is 2.93. The lowest BCUT2D eigenvalue weighted by Gasteiger charge is -2.12. The average molecular weight is 320 g/mol. The monoisotopic (exact) mass is 320 g/mol. The summed E-state index contributed by atoms with van der Waals surface area (Å²) in [5.74, 6) is -5.49. The Balaban J connectivity index is 2.39. The third kappa shape index (κ3) is 3.57. The molecule has 0 spiro atoms. The Kier molecular flexibility index (Phi) is 4.11. The van der Waals surface area contributed by atoms with Gasteiger partial charge in [0.05, 0.1) is 11.1 Å². The van der Waals surface area contributed by atoms with Crippen molar-refractivity contribution < 1.29 is 35.9 Å². The van der Waals surface area contributed by atoms with Crippen LogP contribution in [0.5, 0.6) is 5.75 Å². The van der Waals surface area contributed by atoms with Crippen LogP contribution in [0.1, 0.15) is 15.9 Å². The first-order chi connectivity index (χ1) is 10.2. The molecule has 0 aromatic heterocycles. The highest BCUT2D eigenvalue weighted by Crippen LogP contribution is 2.33. The standard InChI is InChI=1S/C14H6F6O2/c15-7-1-2-12(14(18,19)20)11(6-7)13(21)22-10-4-8(16)3-9(17)5-10/h1-6H. The number of ether oxygens (including phenoxy) is 1. The average Bonchev–Trinajstić information content (AvgIpc) is 2.35. The van der Waals surface area contributed by atoms with E-state index in [4.69, 9.17) is 0 Å². The van der Waals surface area contributed by atoms with E-state index in [0.29, 0.717) is 36.4 Å². The quantitative estimate of drug-likeness (QED) is 0.467. The zero-order valence-electron chi connectivity index (χ0n) is 10.5. The molecule has 0 fully saturated rings. The number of benzene rings is 2. The zero-order valence-corrected chi connectivity index (χ0v) is 10.5. The number of rotatable bonds is 2. The molecule has 0 aliphatic carbocycles. The maximum Gasteiger partial charge on any atom is 0.417 e. The Labute approximate surface area is 119 Å². The number of carbonyl (C=O) groups excluding carboxylic acids is 1. The molecule has 2 aromatic carbocycles. The van der Waals surface area contributed by atoms with Crippen LogP contribution < -0.4 is 4.74 Å². The van der Waals surface area contributed by atoms with Crippen molar-refractivity contribution in [1.29, 1.82) is 0 Å². The van der Waals surface area contributed by atoms with Gasteiger partial charge in [0.15, 0.2) is 0 Å². The first-order valence-electron chi connectivity index (χ1n) is 5.72. The van der Waals surface area contributed by atoms with Gasteiger partial charge in [0.25, 0.3) is 0 Å². The van der Waals surface area contributed by atoms with Gasteiger partial charge in [-0.25, -0.2) is 18.0 Å². The van der Waals surface area contributed by atoms with Gasteiger partial charge in [-0.15, -0.1) is 0 Å². The summed E-state index contributed by atoms with van der Waals surface area (Å²) >= 11 is 0. The smallest absolute Gasteiger partial charge is 0.417 e. The molecule has 0 saturated carbocycles. The fourth-order valence-corrected chi connectivity index (χ4v) is 1.68. The van der Waals surface area contributed by atoms with Crippen molar-refractivity contribution in [3.63, 3.8) is 0 Å². The Morgan fingerprint density at radius 1 is 0.864 bits per heavy atom. The van der Waals surface area contributed by atoms with E-state index >= 15 is 0 Å². The Morgan fingerprint density at radius 2 is 1.45 bits per heavy atom. The van der Waals surface area contributed by atoms with Gasteiger partial charge in [-0.05, 0) is 18.2 Å². The number of carbonyl (C=O) groups is 1. The van der Waals surface area contributed by atoms with Gasteiger partial charge in [-0.2, -0.15) is 13.2 Å². The summed E-state index contributed by atoms with van der Waals surface area (Å²) in [7, 11) is 0. The second-order valence-corrected chi connectivity index (χ2v) is 4.18. The van der Waals surface area contributed by atoms with E-state index in [9.17, 15) is 31.1 Å². The molecule has 0 saturated heterocycles. The van der Waals surface area contributed by atoms with Crippen molar-refractivity contribution in [3.8, 4) is 5.75 Å². The van der Waals surface area contributed by atoms with E-state index in [1.165, 1.54) is 0 Å². The molecule has 116 valence electrons. The van der Waals surface area contributed by atoms with Crippen LogP contribution in [0, 0.1) is 17.5 Å². The largest absolute Gasteiger partial charge is 0.423 e. The number of alkyl halides is 3. The van der Waals surface area contributed by atoms with Crippen LogP contribution in [0.4, 0.5) is 26.3 Å². The molecule has 2 aromatic rings. The summed E-state index contributed by atoms with van der Waals surface area (Å²) in [6.45, 7) is 0. The van der Waals surface area contributed by atoms with E-state index in [2.05, 4.69) is 4.74 Å². The van der Waals surface area contributed by atoms with Gasteiger partial charge in [-0.1, -0.05) is 0 Å². The second kappa shape index (κ2) is 5.70. The first-order valence-corrected chi connectivity index (χ1v) is 5.72. The molecule has 0 aliphatic heterocycles. The minimum Gasteiger partial charge on any atom is -0.423 e. The van der Waals surface area contributed by atoms with Crippen LogP contribution in [0.3, 0.4) is 0 Å². The molecule has 2 nitrogen and oxygen atoms in total. The van der Waals surface area contributed by atoms with E-state index < -0.39 is 46.5 Å².